The van der Waals surface area contributed by atoms with Gasteiger partial charge in [-0.3, -0.25) is 4.79 Å². The minimum absolute atomic E-state index is 0.00463. The summed E-state index contributed by atoms with van der Waals surface area (Å²) in [5, 5.41) is 0. The predicted molar refractivity (Wildman–Crippen MR) is 148 cm³/mol. The fourth-order valence-corrected chi connectivity index (χ4v) is 3.06. The normalized spacial score (nSPS) is 11.1. The Bertz CT molecular complexity index is 702. The molecule has 40 heavy (non-hydrogen) atoms. The van der Waals surface area contributed by atoms with E-state index in [4.69, 9.17) is 42.6 Å². The van der Waals surface area contributed by atoms with Crippen LogP contribution in [0.15, 0.2) is 30.3 Å². The molecule has 1 rings (SSSR count). The molecule has 0 spiro atoms. The highest BCUT2D eigenvalue weighted by molar-refractivity contribution is 6.40. The number of unbranched alkanes of at least 4 members (excludes halogenated alkanes) is 2. The molecule has 1 aromatic rings. The van der Waals surface area contributed by atoms with Gasteiger partial charge in [-0.15, -0.1) is 0 Å². The van der Waals surface area contributed by atoms with E-state index >= 15 is 0 Å². The summed E-state index contributed by atoms with van der Waals surface area (Å²) in [5.41, 5.74) is 0.300. The van der Waals surface area contributed by atoms with E-state index in [0.29, 0.717) is 98.1 Å². The summed E-state index contributed by atoms with van der Waals surface area (Å²) in [7, 11) is 0. The van der Waals surface area contributed by atoms with Crippen molar-refractivity contribution >= 4 is 11.8 Å². The van der Waals surface area contributed by atoms with Crippen molar-refractivity contribution in [3.8, 4) is 0 Å². The van der Waals surface area contributed by atoms with Gasteiger partial charge in [-0.05, 0) is 6.42 Å². The second kappa shape index (κ2) is 28.6. The molecule has 0 unspecified atom stereocenters. The van der Waals surface area contributed by atoms with Crippen molar-refractivity contribution in [1.82, 2.24) is 0 Å². The number of hydrogen-bond acceptors (Lipinski definition) is 11. The van der Waals surface area contributed by atoms with Crippen LogP contribution in [0.4, 0.5) is 0 Å². The summed E-state index contributed by atoms with van der Waals surface area (Å²) in [6.45, 7) is 10.1. The van der Waals surface area contributed by atoms with E-state index in [1.165, 1.54) is 12.8 Å². The highest BCUT2D eigenvalue weighted by Crippen LogP contribution is 2.01. The molecule has 0 N–H and O–H groups in total. The van der Waals surface area contributed by atoms with E-state index in [-0.39, 0.29) is 13.2 Å². The zero-order valence-corrected chi connectivity index (χ0v) is 24.0. The van der Waals surface area contributed by atoms with Gasteiger partial charge >= 0.3 is 5.97 Å². The Morgan fingerprint density at radius 3 is 1.20 bits per heavy atom. The average Bonchev–Trinajstić information content (AvgIpc) is 2.98. The SMILES string of the molecule is CCCCCOCCOCCOCCOCCOCCOCCOCCOCCOC(=O)C(=O)c1ccccc1. The highest BCUT2D eigenvalue weighted by atomic mass is 16.6. The second-order valence-electron chi connectivity index (χ2n) is 8.44. The average molecular weight is 573 g/mol. The Balaban J connectivity index is 1.69. The summed E-state index contributed by atoms with van der Waals surface area (Å²) in [5.74, 6) is -1.56. The summed E-state index contributed by atoms with van der Waals surface area (Å²) in [6.07, 6.45) is 3.52. The monoisotopic (exact) mass is 572 g/mol. The molecule has 0 bridgehead atoms. The van der Waals surface area contributed by atoms with Crippen molar-refractivity contribution in [1.29, 1.82) is 0 Å². The molecule has 11 heteroatoms. The fraction of sp³-hybridized carbons (Fsp3) is 0.724. The van der Waals surface area contributed by atoms with Crippen LogP contribution in [-0.4, -0.2) is 124 Å². The molecule has 0 amide bonds. The third-order valence-corrected chi connectivity index (χ3v) is 5.18. The first kappa shape index (κ1) is 36.1. The topological polar surface area (TPSA) is 117 Å². The third-order valence-electron chi connectivity index (χ3n) is 5.18. The van der Waals surface area contributed by atoms with Gasteiger partial charge in [0.25, 0.3) is 5.78 Å². The lowest BCUT2D eigenvalue weighted by Crippen LogP contribution is -2.20. The summed E-state index contributed by atoms with van der Waals surface area (Å²) in [4.78, 5) is 23.6. The van der Waals surface area contributed by atoms with E-state index in [1.54, 1.807) is 30.3 Å². The number of benzene rings is 1. The first-order valence-electron chi connectivity index (χ1n) is 14.1. The standard InChI is InChI=1S/C29H48O11/c1-2-3-7-10-32-11-12-33-13-14-34-15-16-35-17-18-36-19-20-37-21-22-38-23-24-39-25-26-40-29(31)28(30)27-8-5-4-6-9-27/h4-6,8-9H,2-3,7,10-26H2,1H3. The minimum atomic E-state index is -0.892. The van der Waals surface area contributed by atoms with Crippen molar-refractivity contribution in [2.75, 3.05) is 112 Å². The number of carbonyl (C=O) groups excluding carboxylic acids is 2. The van der Waals surface area contributed by atoms with Gasteiger partial charge in [0, 0.05) is 12.2 Å². The lowest BCUT2D eigenvalue weighted by atomic mass is 10.1. The van der Waals surface area contributed by atoms with Crippen molar-refractivity contribution in [3.05, 3.63) is 35.9 Å². The molecule has 1 aromatic carbocycles. The number of ether oxygens (including phenoxy) is 9. The maximum Gasteiger partial charge on any atom is 0.379 e. The number of carbonyl (C=O) groups is 2. The number of Topliss-reactive ketones (excluding diaryl/α,β-unsaturated/α-hetero) is 1. The van der Waals surface area contributed by atoms with Gasteiger partial charge in [0.15, 0.2) is 0 Å². The van der Waals surface area contributed by atoms with Crippen LogP contribution < -0.4 is 0 Å². The molecule has 0 aromatic heterocycles. The van der Waals surface area contributed by atoms with Crippen LogP contribution in [0.5, 0.6) is 0 Å². The van der Waals surface area contributed by atoms with Crippen molar-refractivity contribution in [3.63, 3.8) is 0 Å². The van der Waals surface area contributed by atoms with Gasteiger partial charge in [0.2, 0.25) is 0 Å². The van der Waals surface area contributed by atoms with Crippen molar-refractivity contribution < 1.29 is 52.2 Å². The first-order chi connectivity index (χ1) is 19.8. The van der Waals surface area contributed by atoms with E-state index < -0.39 is 11.8 Å². The van der Waals surface area contributed by atoms with E-state index in [1.807, 2.05) is 0 Å². The van der Waals surface area contributed by atoms with Gasteiger partial charge in [-0.25, -0.2) is 4.79 Å². The van der Waals surface area contributed by atoms with Crippen LogP contribution in [0.1, 0.15) is 36.5 Å². The third kappa shape index (κ3) is 22.8. The Labute approximate surface area is 238 Å². The lowest BCUT2D eigenvalue weighted by molar-refractivity contribution is -0.139. The van der Waals surface area contributed by atoms with E-state index in [9.17, 15) is 9.59 Å². The van der Waals surface area contributed by atoms with Gasteiger partial charge in [0.05, 0.1) is 99.1 Å². The molecule has 230 valence electrons. The van der Waals surface area contributed by atoms with Gasteiger partial charge in [-0.1, -0.05) is 50.1 Å². The van der Waals surface area contributed by atoms with Crippen molar-refractivity contribution in [2.24, 2.45) is 0 Å². The molecule has 0 heterocycles. The summed E-state index contributed by atoms with van der Waals surface area (Å²) >= 11 is 0. The van der Waals surface area contributed by atoms with Crippen LogP contribution in [0.25, 0.3) is 0 Å². The van der Waals surface area contributed by atoms with E-state index in [0.717, 1.165) is 13.0 Å². The first-order valence-corrected chi connectivity index (χ1v) is 14.1. The molecule has 0 saturated heterocycles. The minimum Gasteiger partial charge on any atom is -0.457 e. The number of esters is 1. The number of hydrogen-bond donors (Lipinski definition) is 0. The van der Waals surface area contributed by atoms with Crippen LogP contribution in [0.3, 0.4) is 0 Å². The predicted octanol–water partition coefficient (Wildman–Crippen LogP) is 2.74. The second-order valence-corrected chi connectivity index (χ2v) is 8.44. The largest absolute Gasteiger partial charge is 0.457 e. The molecule has 0 saturated carbocycles. The van der Waals surface area contributed by atoms with Crippen LogP contribution in [-0.2, 0) is 47.4 Å². The maximum atomic E-state index is 11.9. The molecular formula is C29H48O11. The Morgan fingerprint density at radius 1 is 0.475 bits per heavy atom. The van der Waals surface area contributed by atoms with Crippen molar-refractivity contribution in [2.45, 2.75) is 26.2 Å². The molecule has 0 fully saturated rings. The molecule has 0 aliphatic heterocycles. The Kier molecular flexibility index (Phi) is 25.8. The van der Waals surface area contributed by atoms with Crippen LogP contribution >= 0.6 is 0 Å². The Hall–Kier alpha value is -1.96. The zero-order chi connectivity index (χ0) is 28.8. The van der Waals surface area contributed by atoms with Crippen LogP contribution in [0, 0.1) is 0 Å². The maximum absolute atomic E-state index is 11.9. The smallest absolute Gasteiger partial charge is 0.379 e. The molecule has 11 nitrogen and oxygen atoms in total. The summed E-state index contributed by atoms with van der Waals surface area (Å²) < 4.78 is 48.3. The lowest BCUT2D eigenvalue weighted by Gasteiger charge is -2.09. The molecule has 0 aliphatic rings. The van der Waals surface area contributed by atoms with Gasteiger partial charge in [-0.2, -0.15) is 0 Å². The van der Waals surface area contributed by atoms with E-state index in [2.05, 4.69) is 6.92 Å². The zero-order valence-electron chi connectivity index (χ0n) is 24.0. The molecule has 0 atom stereocenters. The molecular weight excluding hydrogens is 524 g/mol. The fourth-order valence-electron chi connectivity index (χ4n) is 3.06. The highest BCUT2D eigenvalue weighted by Gasteiger charge is 2.17. The quantitative estimate of drug-likeness (QED) is 0.0586. The molecule has 0 radical (unpaired) electrons. The van der Waals surface area contributed by atoms with Gasteiger partial charge in [0.1, 0.15) is 6.61 Å². The van der Waals surface area contributed by atoms with Gasteiger partial charge < -0.3 is 42.6 Å². The molecule has 0 aliphatic carbocycles. The number of rotatable bonds is 30. The van der Waals surface area contributed by atoms with Crippen LogP contribution in [0.2, 0.25) is 0 Å². The Morgan fingerprint density at radius 2 is 0.825 bits per heavy atom. The number of ketones is 1. The summed E-state index contributed by atoms with van der Waals surface area (Å²) in [6, 6.07) is 8.27.